The van der Waals surface area contributed by atoms with Gasteiger partial charge in [0, 0.05) is 13.1 Å². The number of ether oxygens (including phenoxy) is 2. The molecule has 0 aromatic carbocycles. The van der Waals surface area contributed by atoms with Gasteiger partial charge in [0.25, 0.3) is 0 Å². The van der Waals surface area contributed by atoms with Crippen LogP contribution in [0.25, 0.3) is 0 Å². The third kappa shape index (κ3) is 3.91. The van der Waals surface area contributed by atoms with E-state index in [0.717, 1.165) is 25.9 Å². The summed E-state index contributed by atoms with van der Waals surface area (Å²) in [6.45, 7) is 6.89. The van der Waals surface area contributed by atoms with Crippen LogP contribution in [0.15, 0.2) is 0 Å². The zero-order valence-electron chi connectivity index (χ0n) is 11.3. The van der Waals surface area contributed by atoms with Crippen LogP contribution in [0.2, 0.25) is 5.28 Å². The Labute approximate surface area is 118 Å². The maximum Gasteiger partial charge on any atom is 0.322 e. The van der Waals surface area contributed by atoms with Crippen molar-refractivity contribution in [3.8, 4) is 6.01 Å². The molecule has 0 saturated carbocycles. The minimum Gasteiger partial charge on any atom is -0.463 e. The van der Waals surface area contributed by atoms with E-state index in [9.17, 15) is 0 Å². The lowest BCUT2D eigenvalue weighted by Crippen LogP contribution is -2.43. The Hall–Kier alpha value is -1.14. The molecule has 106 valence electrons. The number of anilines is 1. The molecule has 0 spiro atoms. The predicted octanol–water partition coefficient (Wildman–Crippen LogP) is 1.93. The molecule has 0 radical (unpaired) electrons. The Morgan fingerprint density at radius 1 is 1.37 bits per heavy atom. The average Bonchev–Trinajstić information content (AvgIpc) is 2.44. The van der Waals surface area contributed by atoms with Crippen molar-refractivity contribution in [2.24, 2.45) is 0 Å². The molecule has 0 N–H and O–H groups in total. The van der Waals surface area contributed by atoms with Crippen LogP contribution < -0.4 is 9.64 Å². The van der Waals surface area contributed by atoms with Crippen LogP contribution in [0.4, 0.5) is 5.95 Å². The highest BCUT2D eigenvalue weighted by Gasteiger charge is 2.22. The van der Waals surface area contributed by atoms with Gasteiger partial charge in [-0.15, -0.1) is 0 Å². The standard InChI is InChI=1S/C12H19ClN4O2/c1-3-6-19-12-15-10(13)14-11(16-12)17-5-7-18-9(4-2)8-17/h9H,3-8H2,1-2H3. The lowest BCUT2D eigenvalue weighted by molar-refractivity contribution is 0.0378. The summed E-state index contributed by atoms with van der Waals surface area (Å²) in [5.74, 6) is 0.563. The fourth-order valence-corrected chi connectivity index (χ4v) is 2.02. The average molecular weight is 287 g/mol. The fourth-order valence-electron chi connectivity index (χ4n) is 1.87. The molecule has 7 heteroatoms. The summed E-state index contributed by atoms with van der Waals surface area (Å²) >= 11 is 5.92. The predicted molar refractivity (Wildman–Crippen MR) is 72.9 cm³/mol. The van der Waals surface area contributed by atoms with E-state index in [1.165, 1.54) is 0 Å². The van der Waals surface area contributed by atoms with Gasteiger partial charge in [-0.1, -0.05) is 13.8 Å². The van der Waals surface area contributed by atoms with E-state index in [1.807, 2.05) is 6.92 Å². The van der Waals surface area contributed by atoms with E-state index in [1.54, 1.807) is 0 Å². The minimum atomic E-state index is 0.163. The Morgan fingerprint density at radius 3 is 2.95 bits per heavy atom. The second-order valence-corrected chi connectivity index (χ2v) is 4.72. The van der Waals surface area contributed by atoms with E-state index in [4.69, 9.17) is 21.1 Å². The van der Waals surface area contributed by atoms with Crippen LogP contribution in [0.1, 0.15) is 26.7 Å². The molecule has 1 unspecified atom stereocenters. The SMILES string of the molecule is CCCOc1nc(Cl)nc(N2CCOC(CC)C2)n1. The van der Waals surface area contributed by atoms with Crippen molar-refractivity contribution in [1.82, 2.24) is 15.0 Å². The molecule has 2 rings (SSSR count). The van der Waals surface area contributed by atoms with Gasteiger partial charge < -0.3 is 14.4 Å². The molecule has 1 aliphatic heterocycles. The lowest BCUT2D eigenvalue weighted by atomic mass is 10.2. The van der Waals surface area contributed by atoms with Crippen molar-refractivity contribution >= 4 is 17.5 Å². The molecular formula is C12H19ClN4O2. The molecule has 0 amide bonds. The van der Waals surface area contributed by atoms with Gasteiger partial charge in [-0.2, -0.15) is 15.0 Å². The van der Waals surface area contributed by atoms with Gasteiger partial charge in [0.05, 0.1) is 19.3 Å². The molecule has 1 atom stereocenters. The summed E-state index contributed by atoms with van der Waals surface area (Å²) in [4.78, 5) is 14.5. The normalized spacial score (nSPS) is 19.5. The van der Waals surface area contributed by atoms with E-state index >= 15 is 0 Å². The van der Waals surface area contributed by atoms with Gasteiger partial charge in [-0.3, -0.25) is 0 Å². The van der Waals surface area contributed by atoms with Gasteiger partial charge >= 0.3 is 6.01 Å². The second-order valence-electron chi connectivity index (χ2n) is 4.38. The number of hydrogen-bond acceptors (Lipinski definition) is 6. The van der Waals surface area contributed by atoms with Crippen LogP contribution in [0, 0.1) is 0 Å². The van der Waals surface area contributed by atoms with Gasteiger partial charge in [0.15, 0.2) is 0 Å². The van der Waals surface area contributed by atoms with Crippen LogP contribution >= 0.6 is 11.6 Å². The largest absolute Gasteiger partial charge is 0.463 e. The molecule has 1 fully saturated rings. The van der Waals surface area contributed by atoms with Crippen molar-refractivity contribution in [3.05, 3.63) is 5.28 Å². The lowest BCUT2D eigenvalue weighted by Gasteiger charge is -2.32. The molecular weight excluding hydrogens is 268 g/mol. The first-order valence-corrected chi connectivity index (χ1v) is 7.01. The van der Waals surface area contributed by atoms with Gasteiger partial charge in [0.1, 0.15) is 0 Å². The second kappa shape index (κ2) is 6.86. The van der Waals surface area contributed by atoms with Crippen molar-refractivity contribution in [3.63, 3.8) is 0 Å². The molecule has 1 aromatic rings. The quantitative estimate of drug-likeness (QED) is 0.824. The van der Waals surface area contributed by atoms with E-state index in [-0.39, 0.29) is 17.4 Å². The minimum absolute atomic E-state index is 0.163. The summed E-state index contributed by atoms with van der Waals surface area (Å²) < 4.78 is 11.0. The summed E-state index contributed by atoms with van der Waals surface area (Å²) in [5, 5.41) is 0.163. The molecule has 0 bridgehead atoms. The molecule has 1 aromatic heterocycles. The molecule has 0 aliphatic carbocycles. The van der Waals surface area contributed by atoms with Gasteiger partial charge in [-0.05, 0) is 24.4 Å². The first kappa shape index (κ1) is 14.3. The third-order valence-corrected chi connectivity index (χ3v) is 3.06. The summed E-state index contributed by atoms with van der Waals surface area (Å²) in [6, 6.07) is 0.288. The van der Waals surface area contributed by atoms with Gasteiger partial charge in [-0.25, -0.2) is 0 Å². The highest BCUT2D eigenvalue weighted by molar-refractivity contribution is 6.28. The van der Waals surface area contributed by atoms with E-state index in [0.29, 0.717) is 19.2 Å². The number of nitrogens with zero attached hydrogens (tertiary/aromatic N) is 4. The van der Waals surface area contributed by atoms with Crippen molar-refractivity contribution in [2.45, 2.75) is 32.8 Å². The van der Waals surface area contributed by atoms with Crippen molar-refractivity contribution in [2.75, 3.05) is 31.2 Å². The zero-order chi connectivity index (χ0) is 13.7. The molecule has 1 saturated heterocycles. The molecule has 6 nitrogen and oxygen atoms in total. The highest BCUT2D eigenvalue weighted by atomic mass is 35.5. The van der Waals surface area contributed by atoms with Crippen molar-refractivity contribution < 1.29 is 9.47 Å². The Kier molecular flexibility index (Phi) is 5.15. The van der Waals surface area contributed by atoms with Crippen molar-refractivity contribution in [1.29, 1.82) is 0 Å². The van der Waals surface area contributed by atoms with Gasteiger partial charge in [0.2, 0.25) is 11.2 Å². The first-order valence-electron chi connectivity index (χ1n) is 6.63. The number of morpholine rings is 1. The molecule has 1 aliphatic rings. The monoisotopic (exact) mass is 286 g/mol. The van der Waals surface area contributed by atoms with Crippen LogP contribution in [-0.2, 0) is 4.74 Å². The fraction of sp³-hybridized carbons (Fsp3) is 0.750. The summed E-state index contributed by atoms with van der Waals surface area (Å²) in [5.41, 5.74) is 0. The van der Waals surface area contributed by atoms with Crippen LogP contribution in [-0.4, -0.2) is 47.4 Å². The van der Waals surface area contributed by atoms with E-state index < -0.39 is 0 Å². The Morgan fingerprint density at radius 2 is 2.21 bits per heavy atom. The summed E-state index contributed by atoms with van der Waals surface area (Å²) in [6.07, 6.45) is 2.08. The highest BCUT2D eigenvalue weighted by Crippen LogP contribution is 2.18. The van der Waals surface area contributed by atoms with E-state index in [2.05, 4.69) is 26.8 Å². The number of hydrogen-bond donors (Lipinski definition) is 0. The molecule has 19 heavy (non-hydrogen) atoms. The number of halogens is 1. The smallest absolute Gasteiger partial charge is 0.322 e. The topological polar surface area (TPSA) is 60.4 Å². The maximum atomic E-state index is 5.92. The first-order chi connectivity index (χ1) is 9.22. The third-order valence-electron chi connectivity index (χ3n) is 2.89. The number of rotatable bonds is 5. The Balaban J connectivity index is 2.11. The molecule has 2 heterocycles. The maximum absolute atomic E-state index is 5.92. The zero-order valence-corrected chi connectivity index (χ0v) is 12.1. The summed E-state index contributed by atoms with van der Waals surface area (Å²) in [7, 11) is 0. The van der Waals surface area contributed by atoms with Crippen LogP contribution in [0.3, 0.4) is 0 Å². The number of aromatic nitrogens is 3. The van der Waals surface area contributed by atoms with Crippen LogP contribution in [0.5, 0.6) is 6.01 Å². The Bertz CT molecular complexity index is 419.